The topological polar surface area (TPSA) is 102 Å². The van der Waals surface area contributed by atoms with Crippen molar-refractivity contribution in [2.75, 3.05) is 6.61 Å². The van der Waals surface area contributed by atoms with Crippen LogP contribution in [0.2, 0.25) is 0 Å². The Hall–Kier alpha value is -1.23. The molecule has 6 heteroatoms. The molecule has 0 fully saturated rings. The summed E-state index contributed by atoms with van der Waals surface area (Å²) in [6, 6.07) is 0. The molecule has 0 unspecified atom stereocenters. The number of nitrogens with two attached hydrogens (primary N) is 1. The Labute approximate surface area is 81.8 Å². The largest absolute Gasteiger partial charge is 0.478 e. The van der Waals surface area contributed by atoms with Crippen molar-refractivity contribution in [3.63, 3.8) is 0 Å². The lowest BCUT2D eigenvalue weighted by Gasteiger charge is -2.25. The molecule has 0 aromatic carbocycles. The number of carbonyl (C=O) groups is 1. The lowest BCUT2D eigenvalue weighted by molar-refractivity contribution is -0.147. The van der Waals surface area contributed by atoms with Crippen molar-refractivity contribution in [1.29, 1.82) is 0 Å². The van der Waals surface area contributed by atoms with Crippen LogP contribution in [0.25, 0.3) is 0 Å². The van der Waals surface area contributed by atoms with Crippen LogP contribution in [0.3, 0.4) is 0 Å². The van der Waals surface area contributed by atoms with Crippen LogP contribution in [0, 0.1) is 0 Å². The Morgan fingerprint density at radius 1 is 1.57 bits per heavy atom. The van der Waals surface area contributed by atoms with Crippen LogP contribution >= 0.6 is 0 Å². The first kappa shape index (κ1) is 12.8. The maximum Gasteiger partial charge on any atom is 0.349 e. The van der Waals surface area contributed by atoms with Gasteiger partial charge in [-0.3, -0.25) is 5.73 Å². The number of carbonyl (C=O) groups excluding carboxylic acids is 1. The second-order valence-electron chi connectivity index (χ2n) is 3.83. The third kappa shape index (κ3) is 4.13. The van der Waals surface area contributed by atoms with Crippen molar-refractivity contribution in [2.45, 2.75) is 32.0 Å². The van der Waals surface area contributed by atoms with Gasteiger partial charge in [0.1, 0.15) is 0 Å². The Bertz CT molecular complexity index is 261. The minimum Gasteiger partial charge on any atom is -0.478 e. The first-order valence-electron chi connectivity index (χ1n) is 3.96. The van der Waals surface area contributed by atoms with Gasteiger partial charge in [0.15, 0.2) is 0 Å². The van der Waals surface area contributed by atoms with E-state index >= 15 is 0 Å². The van der Waals surface area contributed by atoms with Crippen molar-refractivity contribution in [2.24, 2.45) is 10.7 Å². The van der Waals surface area contributed by atoms with Crippen molar-refractivity contribution in [1.82, 2.24) is 0 Å². The first-order chi connectivity index (χ1) is 6.21. The minimum absolute atomic E-state index is 0.374. The number of ether oxygens (including phenoxy) is 1. The molecular weight excluding hydrogens is 188 g/mol. The van der Waals surface area contributed by atoms with E-state index in [9.17, 15) is 9.59 Å². The summed E-state index contributed by atoms with van der Waals surface area (Å²) in [4.78, 5) is 23.6. The highest BCUT2D eigenvalue weighted by Crippen LogP contribution is 2.12. The predicted octanol–water partition coefficient (Wildman–Crippen LogP) is -0.123. The summed E-state index contributed by atoms with van der Waals surface area (Å²) in [5.41, 5.74) is 2.72. The third-order valence-corrected chi connectivity index (χ3v) is 1.34. The van der Waals surface area contributed by atoms with Gasteiger partial charge in [0, 0.05) is 0 Å². The molecule has 1 atom stereocenters. The van der Waals surface area contributed by atoms with Gasteiger partial charge in [-0.15, -0.1) is 0 Å². The van der Waals surface area contributed by atoms with Crippen molar-refractivity contribution in [3.8, 4) is 0 Å². The van der Waals surface area contributed by atoms with Crippen LogP contribution in [0.4, 0.5) is 0 Å². The van der Waals surface area contributed by atoms with Crippen LogP contribution < -0.4 is 5.73 Å². The molecule has 3 N–H and O–H groups in total. The van der Waals surface area contributed by atoms with Crippen LogP contribution in [0.15, 0.2) is 4.99 Å². The van der Waals surface area contributed by atoms with Crippen LogP contribution in [0.1, 0.15) is 20.8 Å². The fraction of sp³-hybridized carbons (Fsp3) is 0.750. The number of nitrogens with zero attached hydrogens (tertiary/aromatic N) is 1. The maximum atomic E-state index is 10.7. The number of hydrogen-bond acceptors (Lipinski definition) is 5. The van der Waals surface area contributed by atoms with E-state index in [1.807, 2.05) is 0 Å². The van der Waals surface area contributed by atoms with E-state index in [-0.39, 0.29) is 6.61 Å². The van der Waals surface area contributed by atoms with Crippen molar-refractivity contribution in [3.05, 3.63) is 0 Å². The fourth-order valence-corrected chi connectivity index (χ4v) is 0.550. The smallest absolute Gasteiger partial charge is 0.349 e. The normalized spacial score (nSPS) is 15.4. The number of isocyanates is 1. The molecule has 0 amide bonds. The van der Waals surface area contributed by atoms with Crippen LogP contribution in [-0.2, 0) is 14.3 Å². The number of aliphatic carboxylic acids is 1. The second kappa shape index (κ2) is 4.32. The highest BCUT2D eigenvalue weighted by molar-refractivity contribution is 5.79. The summed E-state index contributed by atoms with van der Waals surface area (Å²) >= 11 is 0. The molecule has 0 saturated carbocycles. The highest BCUT2D eigenvalue weighted by atomic mass is 16.5. The number of carboxylic acids is 1. The Balaban J connectivity index is 4.55. The lowest BCUT2D eigenvalue weighted by Crippen LogP contribution is -2.51. The van der Waals surface area contributed by atoms with Crippen molar-refractivity contribution >= 4 is 12.0 Å². The van der Waals surface area contributed by atoms with Gasteiger partial charge in [0.25, 0.3) is 0 Å². The van der Waals surface area contributed by atoms with Gasteiger partial charge in [-0.25, -0.2) is 9.59 Å². The zero-order valence-corrected chi connectivity index (χ0v) is 8.40. The molecule has 0 aliphatic heterocycles. The number of rotatable bonds is 4. The minimum atomic E-state index is -2.05. The van der Waals surface area contributed by atoms with E-state index in [4.69, 9.17) is 15.6 Å². The summed E-state index contributed by atoms with van der Waals surface area (Å²) in [7, 11) is 0. The Kier molecular flexibility index (Phi) is 3.94. The van der Waals surface area contributed by atoms with E-state index in [0.29, 0.717) is 0 Å². The molecule has 0 spiro atoms. The van der Waals surface area contributed by atoms with E-state index in [2.05, 4.69) is 4.99 Å². The highest BCUT2D eigenvalue weighted by Gasteiger charge is 2.35. The summed E-state index contributed by atoms with van der Waals surface area (Å²) in [5, 5.41) is 8.68. The number of carboxylic acid groups (broad SMARTS) is 1. The molecule has 6 nitrogen and oxygen atoms in total. The molecule has 80 valence electrons. The van der Waals surface area contributed by atoms with Gasteiger partial charge in [-0.2, -0.15) is 4.99 Å². The van der Waals surface area contributed by atoms with Gasteiger partial charge in [-0.1, -0.05) is 0 Å². The average Bonchev–Trinajstić information content (AvgIpc) is 2.00. The second-order valence-corrected chi connectivity index (χ2v) is 3.83. The predicted molar refractivity (Wildman–Crippen MR) is 48.4 cm³/mol. The van der Waals surface area contributed by atoms with E-state index in [1.54, 1.807) is 20.8 Å². The Morgan fingerprint density at radius 2 is 2.07 bits per heavy atom. The molecule has 0 bridgehead atoms. The third-order valence-electron chi connectivity index (χ3n) is 1.34. The van der Waals surface area contributed by atoms with E-state index in [0.717, 1.165) is 6.08 Å². The summed E-state index contributed by atoms with van der Waals surface area (Å²) in [6.45, 7) is 4.83. The number of hydrogen-bond donors (Lipinski definition) is 2. The maximum absolute atomic E-state index is 10.7. The van der Waals surface area contributed by atoms with Crippen LogP contribution in [0.5, 0.6) is 0 Å². The molecule has 0 aromatic rings. The molecule has 0 aliphatic rings. The van der Waals surface area contributed by atoms with Gasteiger partial charge in [0.2, 0.25) is 11.7 Å². The summed E-state index contributed by atoms with van der Waals surface area (Å²) in [6.07, 6.45) is 1.12. The Morgan fingerprint density at radius 3 is 2.36 bits per heavy atom. The molecule has 0 radical (unpaired) electrons. The molecule has 14 heavy (non-hydrogen) atoms. The van der Waals surface area contributed by atoms with E-state index in [1.165, 1.54) is 0 Å². The fourth-order valence-electron chi connectivity index (χ4n) is 0.550. The summed E-state index contributed by atoms with van der Waals surface area (Å²) in [5.74, 6) is -1.43. The average molecular weight is 202 g/mol. The van der Waals surface area contributed by atoms with Gasteiger partial charge >= 0.3 is 5.97 Å². The van der Waals surface area contributed by atoms with Crippen LogP contribution in [-0.4, -0.2) is 35.0 Å². The summed E-state index contributed by atoms with van der Waals surface area (Å²) < 4.78 is 5.13. The zero-order valence-electron chi connectivity index (χ0n) is 8.40. The zero-order chi connectivity index (χ0) is 11.4. The molecule has 0 heterocycles. The van der Waals surface area contributed by atoms with Gasteiger partial charge in [-0.05, 0) is 20.8 Å². The SMILES string of the molecule is CC(C)(C)OC[C@@](N)(N=C=O)C(=O)O. The molecular formula is C8H14N2O4. The molecule has 0 saturated heterocycles. The standard InChI is InChI=1S/C8H14N2O4/c1-7(2,3)14-4-8(9,6(12)13)10-5-11/h4,9H2,1-3H3,(H,12,13)/t8-/m1/s1. The molecule has 0 rings (SSSR count). The quantitative estimate of drug-likeness (QED) is 0.488. The van der Waals surface area contributed by atoms with Gasteiger partial charge < -0.3 is 9.84 Å². The first-order valence-corrected chi connectivity index (χ1v) is 3.96. The molecule has 0 aliphatic carbocycles. The van der Waals surface area contributed by atoms with Gasteiger partial charge in [0.05, 0.1) is 12.2 Å². The molecule has 0 aromatic heterocycles. The van der Waals surface area contributed by atoms with Crippen molar-refractivity contribution < 1.29 is 19.4 Å². The van der Waals surface area contributed by atoms with E-state index < -0.39 is 17.2 Å². The lowest BCUT2D eigenvalue weighted by atomic mass is 10.1. The number of aliphatic imine (C=N–C) groups is 1. The monoisotopic (exact) mass is 202 g/mol.